The summed E-state index contributed by atoms with van der Waals surface area (Å²) in [5.41, 5.74) is 0. The molecule has 0 aliphatic carbocycles. The molecule has 0 spiro atoms. The molecule has 0 aliphatic heterocycles. The zero-order chi connectivity index (χ0) is 12.4. The molecule has 16 heavy (non-hydrogen) atoms. The van der Waals surface area contributed by atoms with E-state index in [1.165, 1.54) is 57.8 Å². The van der Waals surface area contributed by atoms with E-state index in [9.17, 15) is 0 Å². The second-order valence-electron chi connectivity index (χ2n) is 4.06. The molecule has 0 aromatic rings. The Morgan fingerprint density at radius 2 is 0.625 bits per heavy atom. The fourth-order valence-electron chi connectivity index (χ4n) is 0.854. The first kappa shape index (κ1) is 25.0. The van der Waals surface area contributed by atoms with Crippen LogP contribution >= 0.6 is 0 Å². The standard InChI is InChI=1S/C6H14.C5H12.C4H10.CH4/c1-3-5-6-4-2;1-3-5-4-2;1-3-4-2;/h3-6H2,1-2H3;3-5H2,1-2H3;3-4H2,1-2H3;1H4. The third-order valence-corrected chi connectivity index (χ3v) is 2.16. The SMILES string of the molecule is C.CCCC.CCCCC.CCCCCC. The van der Waals surface area contributed by atoms with Crippen molar-refractivity contribution in [3.05, 3.63) is 0 Å². The van der Waals surface area contributed by atoms with Crippen molar-refractivity contribution in [2.75, 3.05) is 0 Å². The second-order valence-corrected chi connectivity index (χ2v) is 4.06. The highest BCUT2D eigenvalue weighted by molar-refractivity contribution is 4.31. The highest BCUT2D eigenvalue weighted by Crippen LogP contribution is 1.95. The Bertz CT molecular complexity index is 49.1. The summed E-state index contributed by atoms with van der Waals surface area (Å²) in [5, 5.41) is 0. The van der Waals surface area contributed by atoms with Gasteiger partial charge in [0.2, 0.25) is 0 Å². The molecule has 0 amide bonds. The zero-order valence-corrected chi connectivity index (χ0v) is 12.4. The highest BCUT2D eigenvalue weighted by atomic mass is 13.8. The van der Waals surface area contributed by atoms with Crippen molar-refractivity contribution < 1.29 is 0 Å². The van der Waals surface area contributed by atoms with Gasteiger partial charge in [-0.15, -0.1) is 0 Å². The van der Waals surface area contributed by atoms with E-state index >= 15 is 0 Å². The molecule has 0 heterocycles. The van der Waals surface area contributed by atoms with Gasteiger partial charge in [-0.25, -0.2) is 0 Å². The Labute approximate surface area is 107 Å². The predicted molar refractivity (Wildman–Crippen MR) is 82.3 cm³/mol. The number of unbranched alkanes of at least 4 members (excludes halogenated alkanes) is 6. The van der Waals surface area contributed by atoms with Gasteiger partial charge in [0.15, 0.2) is 0 Å². The normalized spacial score (nSPS) is 7.88. The molecule has 0 bridgehead atoms. The van der Waals surface area contributed by atoms with Crippen LogP contribution in [0, 0.1) is 0 Å². The second kappa shape index (κ2) is 36.3. The molecule has 0 aromatic carbocycles. The Balaban J connectivity index is -0.0000000668. The summed E-state index contributed by atoms with van der Waals surface area (Å²) in [5.74, 6) is 0. The zero-order valence-electron chi connectivity index (χ0n) is 12.4. The lowest BCUT2D eigenvalue weighted by Crippen LogP contribution is -1.66. The molecule has 0 saturated carbocycles. The van der Waals surface area contributed by atoms with Crippen molar-refractivity contribution >= 4 is 0 Å². The maximum atomic E-state index is 2.23. The minimum atomic E-state index is 0. The van der Waals surface area contributed by atoms with Gasteiger partial charge in [0, 0.05) is 0 Å². The first-order valence-electron chi connectivity index (χ1n) is 7.24. The molecular weight excluding hydrogens is 192 g/mol. The molecule has 0 fully saturated rings. The first-order chi connectivity index (χ1) is 7.24. The van der Waals surface area contributed by atoms with Crippen molar-refractivity contribution in [3.63, 3.8) is 0 Å². The lowest BCUT2D eigenvalue weighted by molar-refractivity contribution is 0.702. The molecule has 0 radical (unpaired) electrons. The summed E-state index contributed by atoms with van der Waals surface area (Å²) < 4.78 is 0. The van der Waals surface area contributed by atoms with Crippen molar-refractivity contribution in [1.82, 2.24) is 0 Å². The van der Waals surface area contributed by atoms with Gasteiger partial charge >= 0.3 is 0 Å². The third kappa shape index (κ3) is 65.7. The maximum Gasteiger partial charge on any atom is -0.0536 e. The van der Waals surface area contributed by atoms with Gasteiger partial charge in [-0.1, -0.05) is 107 Å². The van der Waals surface area contributed by atoms with Crippen LogP contribution in [0.15, 0.2) is 0 Å². The van der Waals surface area contributed by atoms with Crippen LogP contribution < -0.4 is 0 Å². The van der Waals surface area contributed by atoms with E-state index in [1.54, 1.807) is 0 Å². The molecule has 0 aromatic heterocycles. The number of rotatable bonds is 6. The van der Waals surface area contributed by atoms with Crippen LogP contribution in [0.1, 0.15) is 107 Å². The maximum absolute atomic E-state index is 2.23. The Morgan fingerprint density at radius 1 is 0.375 bits per heavy atom. The van der Waals surface area contributed by atoms with Gasteiger partial charge in [0.05, 0.1) is 0 Å². The minimum absolute atomic E-state index is 0. The van der Waals surface area contributed by atoms with Crippen LogP contribution in [0.25, 0.3) is 0 Å². The smallest absolute Gasteiger partial charge is 0.0536 e. The van der Waals surface area contributed by atoms with Gasteiger partial charge in [0.1, 0.15) is 0 Å². The fraction of sp³-hybridized carbons (Fsp3) is 1.00. The molecule has 0 atom stereocenters. The Hall–Kier alpha value is 0. The van der Waals surface area contributed by atoms with E-state index in [0.29, 0.717) is 0 Å². The molecule has 0 unspecified atom stereocenters. The van der Waals surface area contributed by atoms with Crippen molar-refractivity contribution in [3.8, 4) is 0 Å². The Kier molecular flexibility index (Phi) is 56.7. The minimum Gasteiger partial charge on any atom is -0.0776 e. The average Bonchev–Trinajstić information content (AvgIpc) is 2.28. The lowest BCUT2D eigenvalue weighted by Gasteiger charge is -1.86. The predicted octanol–water partition coefficient (Wildman–Crippen LogP) is 7.23. The topological polar surface area (TPSA) is 0 Å². The van der Waals surface area contributed by atoms with E-state index in [4.69, 9.17) is 0 Å². The molecule has 0 heteroatoms. The van der Waals surface area contributed by atoms with Gasteiger partial charge in [-0.3, -0.25) is 0 Å². The van der Waals surface area contributed by atoms with Gasteiger partial charge in [0.25, 0.3) is 0 Å². The van der Waals surface area contributed by atoms with Crippen LogP contribution in [0.4, 0.5) is 0 Å². The first-order valence-corrected chi connectivity index (χ1v) is 7.24. The largest absolute Gasteiger partial charge is 0.0776 e. The van der Waals surface area contributed by atoms with E-state index in [0.717, 1.165) is 0 Å². The molecular formula is C16H40. The number of hydrogen-bond donors (Lipinski definition) is 0. The van der Waals surface area contributed by atoms with Crippen molar-refractivity contribution in [1.29, 1.82) is 0 Å². The van der Waals surface area contributed by atoms with Crippen LogP contribution in [-0.2, 0) is 0 Å². The molecule has 0 saturated heterocycles. The molecule has 0 aliphatic rings. The van der Waals surface area contributed by atoms with E-state index < -0.39 is 0 Å². The summed E-state index contributed by atoms with van der Waals surface area (Å²) >= 11 is 0. The van der Waals surface area contributed by atoms with Gasteiger partial charge in [-0.2, -0.15) is 0 Å². The van der Waals surface area contributed by atoms with Crippen LogP contribution in [0.2, 0.25) is 0 Å². The van der Waals surface area contributed by atoms with E-state index in [-0.39, 0.29) is 7.43 Å². The summed E-state index contributed by atoms with van der Waals surface area (Å²) in [7, 11) is 0. The highest BCUT2D eigenvalue weighted by Gasteiger charge is 1.75. The van der Waals surface area contributed by atoms with Crippen LogP contribution in [-0.4, -0.2) is 0 Å². The van der Waals surface area contributed by atoms with Crippen molar-refractivity contribution in [2.45, 2.75) is 107 Å². The van der Waals surface area contributed by atoms with E-state index in [2.05, 4.69) is 41.5 Å². The fourth-order valence-corrected chi connectivity index (χ4v) is 0.854. The van der Waals surface area contributed by atoms with Crippen LogP contribution in [0.5, 0.6) is 0 Å². The Morgan fingerprint density at radius 3 is 0.688 bits per heavy atom. The summed E-state index contributed by atoms with van der Waals surface area (Å²) in [4.78, 5) is 0. The number of hydrogen-bond acceptors (Lipinski definition) is 0. The van der Waals surface area contributed by atoms with Crippen molar-refractivity contribution in [2.24, 2.45) is 0 Å². The summed E-state index contributed by atoms with van der Waals surface area (Å²) in [6, 6.07) is 0. The van der Waals surface area contributed by atoms with Crippen LogP contribution in [0.3, 0.4) is 0 Å². The quantitative estimate of drug-likeness (QED) is 0.424. The van der Waals surface area contributed by atoms with E-state index in [1.807, 2.05) is 0 Å². The monoisotopic (exact) mass is 232 g/mol. The molecule has 0 nitrogen and oxygen atoms in total. The molecule has 0 N–H and O–H groups in total. The third-order valence-electron chi connectivity index (χ3n) is 2.16. The lowest BCUT2D eigenvalue weighted by atomic mass is 10.2. The van der Waals surface area contributed by atoms with Gasteiger partial charge < -0.3 is 0 Å². The molecule has 0 rings (SSSR count). The summed E-state index contributed by atoms with van der Waals surface area (Å²) in [6.07, 6.45) is 12.3. The summed E-state index contributed by atoms with van der Waals surface area (Å²) in [6.45, 7) is 13.2. The average molecular weight is 232 g/mol. The molecule has 104 valence electrons. The van der Waals surface area contributed by atoms with Gasteiger partial charge in [-0.05, 0) is 0 Å².